The van der Waals surface area contributed by atoms with Crippen molar-refractivity contribution in [1.29, 1.82) is 0 Å². The lowest BCUT2D eigenvalue weighted by molar-refractivity contribution is 0.252. The first kappa shape index (κ1) is 14.3. The number of hydrogen-bond donors (Lipinski definition) is 2. The Labute approximate surface area is 121 Å². The highest BCUT2D eigenvalue weighted by Gasteiger charge is 2.05. The molecule has 0 aliphatic heterocycles. The van der Waals surface area contributed by atoms with Crippen molar-refractivity contribution in [3.63, 3.8) is 0 Å². The van der Waals surface area contributed by atoms with E-state index in [2.05, 4.69) is 15.6 Å². The molecular weight excluding hydrogens is 281 g/mol. The first-order chi connectivity index (χ1) is 9.65. The van der Waals surface area contributed by atoms with Gasteiger partial charge in [-0.05, 0) is 36.2 Å². The molecule has 0 aliphatic carbocycles. The van der Waals surface area contributed by atoms with Crippen molar-refractivity contribution in [2.24, 2.45) is 0 Å². The molecule has 2 amide bonds. The fourth-order valence-corrected chi connectivity index (χ4v) is 1.83. The molecule has 0 atom stereocenters. The number of benzene rings is 1. The molecule has 0 radical (unpaired) electrons. The molecular formula is C14H13ClFN3O. The highest BCUT2D eigenvalue weighted by molar-refractivity contribution is 6.32. The van der Waals surface area contributed by atoms with E-state index in [1.807, 2.05) is 0 Å². The number of hydrogen-bond acceptors (Lipinski definition) is 2. The second kappa shape index (κ2) is 6.86. The summed E-state index contributed by atoms with van der Waals surface area (Å²) in [6, 6.07) is 9.22. The Kier molecular flexibility index (Phi) is 4.90. The highest BCUT2D eigenvalue weighted by atomic mass is 35.5. The van der Waals surface area contributed by atoms with Gasteiger partial charge in [-0.25, -0.2) is 14.2 Å². The van der Waals surface area contributed by atoms with E-state index < -0.39 is 0 Å². The van der Waals surface area contributed by atoms with Crippen LogP contribution >= 0.6 is 11.6 Å². The maximum Gasteiger partial charge on any atom is 0.319 e. The minimum absolute atomic E-state index is 0.229. The lowest BCUT2D eigenvalue weighted by Crippen LogP contribution is -2.30. The second-order valence-corrected chi connectivity index (χ2v) is 4.46. The molecule has 104 valence electrons. The van der Waals surface area contributed by atoms with Crippen molar-refractivity contribution in [3.8, 4) is 0 Å². The summed E-state index contributed by atoms with van der Waals surface area (Å²) in [5, 5.41) is 5.49. The fraction of sp³-hybridized carbons (Fsp3) is 0.143. The zero-order valence-corrected chi connectivity index (χ0v) is 11.3. The molecule has 0 unspecified atom stereocenters. The minimum Gasteiger partial charge on any atom is -0.338 e. The van der Waals surface area contributed by atoms with Crippen LogP contribution in [0.2, 0.25) is 5.15 Å². The van der Waals surface area contributed by atoms with Gasteiger partial charge in [0.2, 0.25) is 0 Å². The van der Waals surface area contributed by atoms with Gasteiger partial charge in [-0.2, -0.15) is 0 Å². The molecule has 6 heteroatoms. The number of nitrogens with zero attached hydrogens (tertiary/aromatic N) is 1. The molecule has 2 rings (SSSR count). The summed E-state index contributed by atoms with van der Waals surface area (Å²) < 4.78 is 13.0. The largest absolute Gasteiger partial charge is 0.338 e. The lowest BCUT2D eigenvalue weighted by Gasteiger charge is -2.08. The number of rotatable bonds is 4. The summed E-state index contributed by atoms with van der Waals surface area (Å²) in [4.78, 5) is 15.5. The summed E-state index contributed by atoms with van der Waals surface area (Å²) in [5.41, 5.74) is 1.27. The average molecular weight is 294 g/mol. The first-order valence-corrected chi connectivity index (χ1v) is 6.43. The van der Waals surface area contributed by atoms with Gasteiger partial charge in [-0.3, -0.25) is 0 Å². The first-order valence-electron chi connectivity index (χ1n) is 6.05. The van der Waals surface area contributed by atoms with Gasteiger partial charge in [0.05, 0.1) is 5.69 Å². The van der Waals surface area contributed by atoms with Gasteiger partial charge < -0.3 is 10.6 Å². The van der Waals surface area contributed by atoms with Crippen LogP contribution in [0.25, 0.3) is 0 Å². The van der Waals surface area contributed by atoms with E-state index >= 15 is 0 Å². The third-order valence-electron chi connectivity index (χ3n) is 2.60. The Hall–Kier alpha value is -2.14. The summed E-state index contributed by atoms with van der Waals surface area (Å²) in [6.07, 6.45) is 2.08. The lowest BCUT2D eigenvalue weighted by atomic mass is 10.1. The quantitative estimate of drug-likeness (QED) is 0.850. The number of nitrogens with one attached hydrogen (secondary N) is 2. The van der Waals surface area contributed by atoms with Gasteiger partial charge in [0.15, 0.2) is 5.15 Å². The molecule has 0 spiro atoms. The van der Waals surface area contributed by atoms with E-state index in [0.717, 1.165) is 5.56 Å². The van der Waals surface area contributed by atoms with Crippen molar-refractivity contribution in [1.82, 2.24) is 10.3 Å². The highest BCUT2D eigenvalue weighted by Crippen LogP contribution is 2.16. The number of halogens is 2. The van der Waals surface area contributed by atoms with Gasteiger partial charge in [-0.15, -0.1) is 0 Å². The van der Waals surface area contributed by atoms with E-state index in [4.69, 9.17) is 11.6 Å². The van der Waals surface area contributed by atoms with E-state index in [1.54, 1.807) is 24.3 Å². The van der Waals surface area contributed by atoms with Crippen molar-refractivity contribution in [2.45, 2.75) is 6.42 Å². The maximum absolute atomic E-state index is 13.0. The van der Waals surface area contributed by atoms with Gasteiger partial charge >= 0.3 is 6.03 Å². The van der Waals surface area contributed by atoms with Crippen LogP contribution in [0.5, 0.6) is 0 Å². The molecule has 20 heavy (non-hydrogen) atoms. The van der Waals surface area contributed by atoms with Crippen LogP contribution in [-0.2, 0) is 6.42 Å². The Balaban J connectivity index is 1.80. The topological polar surface area (TPSA) is 54.0 Å². The van der Waals surface area contributed by atoms with Gasteiger partial charge in [-0.1, -0.05) is 23.7 Å². The van der Waals surface area contributed by atoms with Crippen LogP contribution in [0, 0.1) is 5.82 Å². The van der Waals surface area contributed by atoms with E-state index in [-0.39, 0.29) is 17.0 Å². The number of carbonyl (C=O) groups is 1. The number of anilines is 1. The zero-order valence-electron chi connectivity index (χ0n) is 10.6. The Morgan fingerprint density at radius 2 is 2.15 bits per heavy atom. The normalized spacial score (nSPS) is 10.1. The molecule has 2 aromatic rings. The Bertz CT molecular complexity index is 606. The molecule has 1 aromatic carbocycles. The third-order valence-corrected chi connectivity index (χ3v) is 2.90. The van der Waals surface area contributed by atoms with Gasteiger partial charge in [0.25, 0.3) is 0 Å². The minimum atomic E-state index is -0.378. The Morgan fingerprint density at radius 3 is 2.90 bits per heavy atom. The van der Waals surface area contributed by atoms with Crippen molar-refractivity contribution >= 4 is 23.3 Å². The fourth-order valence-electron chi connectivity index (χ4n) is 1.66. The number of carbonyl (C=O) groups excluding carboxylic acids is 1. The standard InChI is InChI=1S/C14H13ClFN3O/c15-13-12(5-2-7-17-13)19-14(20)18-8-6-10-3-1-4-11(16)9-10/h1-5,7,9H,6,8H2,(H2,18,19,20). The number of amides is 2. The summed E-state index contributed by atoms with van der Waals surface area (Å²) >= 11 is 5.82. The summed E-state index contributed by atoms with van der Waals surface area (Å²) in [5.74, 6) is -0.283. The van der Waals surface area contributed by atoms with E-state index in [9.17, 15) is 9.18 Å². The molecule has 0 fully saturated rings. The molecule has 0 saturated carbocycles. The molecule has 0 bridgehead atoms. The number of pyridine rings is 1. The Morgan fingerprint density at radius 1 is 1.30 bits per heavy atom. The van der Waals surface area contributed by atoms with Gasteiger partial charge in [0.1, 0.15) is 5.82 Å². The van der Waals surface area contributed by atoms with Crippen LogP contribution in [0.4, 0.5) is 14.9 Å². The van der Waals surface area contributed by atoms with Crippen LogP contribution in [0.3, 0.4) is 0 Å². The number of urea groups is 1. The predicted molar refractivity (Wildman–Crippen MR) is 76.4 cm³/mol. The van der Waals surface area contributed by atoms with Crippen molar-refractivity contribution in [2.75, 3.05) is 11.9 Å². The van der Waals surface area contributed by atoms with Crippen LogP contribution in [0.1, 0.15) is 5.56 Å². The smallest absolute Gasteiger partial charge is 0.319 e. The van der Waals surface area contributed by atoms with Crippen molar-refractivity contribution < 1.29 is 9.18 Å². The molecule has 0 saturated heterocycles. The zero-order chi connectivity index (χ0) is 14.4. The van der Waals surface area contributed by atoms with Crippen molar-refractivity contribution in [3.05, 3.63) is 59.1 Å². The SMILES string of the molecule is O=C(NCCc1cccc(F)c1)Nc1cccnc1Cl. The molecule has 4 nitrogen and oxygen atoms in total. The number of aromatic nitrogens is 1. The van der Waals surface area contributed by atoms with Crippen LogP contribution in [-0.4, -0.2) is 17.6 Å². The average Bonchev–Trinajstić information content (AvgIpc) is 2.41. The van der Waals surface area contributed by atoms with E-state index in [1.165, 1.54) is 18.3 Å². The second-order valence-electron chi connectivity index (χ2n) is 4.10. The van der Waals surface area contributed by atoms with Crippen LogP contribution < -0.4 is 10.6 Å². The third kappa shape index (κ3) is 4.20. The molecule has 1 heterocycles. The maximum atomic E-state index is 13.0. The molecule has 0 aliphatic rings. The molecule has 2 N–H and O–H groups in total. The van der Waals surface area contributed by atoms with Crippen LogP contribution in [0.15, 0.2) is 42.6 Å². The van der Waals surface area contributed by atoms with Gasteiger partial charge in [0, 0.05) is 12.7 Å². The predicted octanol–water partition coefficient (Wildman–Crippen LogP) is 3.24. The monoisotopic (exact) mass is 293 g/mol. The summed E-state index contributed by atoms with van der Waals surface area (Å²) in [6.45, 7) is 0.396. The van der Waals surface area contributed by atoms with E-state index in [0.29, 0.717) is 18.7 Å². The molecule has 1 aromatic heterocycles. The summed E-state index contributed by atoms with van der Waals surface area (Å²) in [7, 11) is 0.